The molecule has 150 valence electrons. The predicted octanol–water partition coefficient (Wildman–Crippen LogP) is 4.32. The Kier molecular flexibility index (Phi) is 10.9. The summed E-state index contributed by atoms with van der Waals surface area (Å²) in [6.45, 7) is 13.2. The average Bonchev–Trinajstić information content (AvgIpc) is 3.19. The number of hydrogen-bond donors (Lipinski definition) is 0. The van der Waals surface area contributed by atoms with Crippen LogP contribution >= 0.6 is 0 Å². The van der Waals surface area contributed by atoms with Gasteiger partial charge in [-0.05, 0) is 6.42 Å². The van der Waals surface area contributed by atoms with Crippen molar-refractivity contribution in [2.24, 2.45) is 5.41 Å². The molecule has 0 aliphatic heterocycles. The molecule has 27 heavy (non-hydrogen) atoms. The van der Waals surface area contributed by atoms with Crippen LogP contribution in [0.2, 0.25) is 0 Å². The van der Waals surface area contributed by atoms with Gasteiger partial charge in [-0.2, -0.15) is 11.1 Å². The van der Waals surface area contributed by atoms with Gasteiger partial charge in [0.15, 0.2) is 5.78 Å². The van der Waals surface area contributed by atoms with Gasteiger partial charge in [-0.15, -0.1) is 6.92 Å². The molecule has 1 atom stereocenters. The van der Waals surface area contributed by atoms with Crippen LogP contribution in [0, 0.1) is 17.6 Å². The number of ether oxygens (including phenoxy) is 2. The first-order valence-corrected chi connectivity index (χ1v) is 8.95. The van der Waals surface area contributed by atoms with E-state index < -0.39 is 12.1 Å². The molecular formula is C22H30O4Ru. The Hall–Kier alpha value is -1.32. The van der Waals surface area contributed by atoms with E-state index in [-0.39, 0.29) is 30.7 Å². The van der Waals surface area contributed by atoms with Crippen molar-refractivity contribution in [3.63, 3.8) is 0 Å². The van der Waals surface area contributed by atoms with E-state index in [9.17, 15) is 9.59 Å². The second kappa shape index (κ2) is 11.5. The number of methoxy groups -OCH3 is 1. The van der Waals surface area contributed by atoms with Crippen LogP contribution < -0.4 is 0 Å². The number of hydrogen-bond acceptors (Lipinski definition) is 4. The first-order chi connectivity index (χ1) is 12.2. The van der Waals surface area contributed by atoms with Gasteiger partial charge in [0.05, 0.1) is 7.11 Å². The smallest absolute Gasteiger partial charge is 0.467 e. The summed E-state index contributed by atoms with van der Waals surface area (Å²) in [5, 5.41) is 0. The quantitative estimate of drug-likeness (QED) is 0.257. The molecule has 0 aromatic rings. The van der Waals surface area contributed by atoms with Gasteiger partial charge in [0.2, 0.25) is 6.10 Å². The molecule has 4 nitrogen and oxygen atoms in total. The van der Waals surface area contributed by atoms with Crippen LogP contribution in [0.1, 0.15) is 54.4 Å². The van der Waals surface area contributed by atoms with Crippen molar-refractivity contribution in [3.05, 3.63) is 46.6 Å². The molecule has 0 saturated heterocycles. The van der Waals surface area contributed by atoms with Crippen LogP contribution in [0.25, 0.3) is 0 Å². The molecular weight excluding hydrogens is 429 g/mol. The summed E-state index contributed by atoms with van der Waals surface area (Å²) in [6, 6.07) is 0. The van der Waals surface area contributed by atoms with Gasteiger partial charge < -0.3 is 9.47 Å². The molecule has 0 heterocycles. The molecule has 2 rings (SSSR count). The molecule has 0 bridgehead atoms. The van der Waals surface area contributed by atoms with E-state index in [2.05, 4.69) is 51.5 Å². The minimum Gasteiger partial charge on any atom is -0.467 e. The van der Waals surface area contributed by atoms with Crippen LogP contribution in [0.4, 0.5) is 0 Å². The van der Waals surface area contributed by atoms with Crippen LogP contribution in [0.3, 0.4) is 0 Å². The average molecular weight is 460 g/mol. The molecule has 0 aromatic heterocycles. The van der Waals surface area contributed by atoms with Crippen molar-refractivity contribution >= 4 is 11.8 Å². The second-order valence-electron chi connectivity index (χ2n) is 7.00. The van der Waals surface area contributed by atoms with Gasteiger partial charge >= 0.3 is 25.4 Å². The van der Waals surface area contributed by atoms with E-state index in [1.54, 1.807) is 12.2 Å². The first kappa shape index (κ1) is 25.7. The standard InChI is InChI=1S/C12H15O4.C10H15.Ru/c1-3-8-16-11(12(14)15-2)10(13)9-6-4-5-7-9;1-7-6-10(4,5)9(3)8(7)2;/h4,6,11H,3,7-8H2,1-2H3;1-5H3;/q2*-1;+2. The van der Waals surface area contributed by atoms with Gasteiger partial charge in [-0.25, -0.2) is 22.5 Å². The van der Waals surface area contributed by atoms with Crippen molar-refractivity contribution in [1.82, 2.24) is 0 Å². The third kappa shape index (κ3) is 6.97. The molecule has 0 fully saturated rings. The van der Waals surface area contributed by atoms with Crippen LogP contribution in [-0.4, -0.2) is 31.6 Å². The Morgan fingerprint density at radius 1 is 1.26 bits per heavy atom. The number of Topliss-reactive ketones (excluding diaryl/α,β-unsaturated/α-hetero) is 1. The fourth-order valence-corrected chi connectivity index (χ4v) is 2.72. The molecule has 0 radical (unpaired) electrons. The summed E-state index contributed by atoms with van der Waals surface area (Å²) in [5.41, 5.74) is 4.93. The maximum absolute atomic E-state index is 11.9. The van der Waals surface area contributed by atoms with Crippen LogP contribution in [-0.2, 0) is 38.5 Å². The van der Waals surface area contributed by atoms with Crippen molar-refractivity contribution in [2.45, 2.75) is 60.5 Å². The van der Waals surface area contributed by atoms with Crippen molar-refractivity contribution < 1.29 is 38.5 Å². The fraction of sp³-hybridized carbons (Fsp3) is 0.545. The normalized spacial score (nSPS) is 18.0. The molecule has 1 unspecified atom stereocenters. The number of allylic oxidation sites excluding steroid dienone is 7. The summed E-state index contributed by atoms with van der Waals surface area (Å²) in [7, 11) is 1.24. The minimum atomic E-state index is -1.13. The zero-order valence-electron chi connectivity index (χ0n) is 17.3. The molecule has 0 aromatic carbocycles. The molecule has 2 aliphatic rings. The van der Waals surface area contributed by atoms with Crippen LogP contribution in [0.5, 0.6) is 0 Å². The van der Waals surface area contributed by atoms with E-state index in [1.165, 1.54) is 23.8 Å². The van der Waals surface area contributed by atoms with Crippen molar-refractivity contribution in [2.75, 3.05) is 13.7 Å². The fourth-order valence-electron chi connectivity index (χ4n) is 2.72. The van der Waals surface area contributed by atoms with Gasteiger partial charge in [0, 0.05) is 6.61 Å². The molecule has 0 amide bonds. The van der Waals surface area contributed by atoms with E-state index in [0.29, 0.717) is 18.6 Å². The van der Waals surface area contributed by atoms with Gasteiger partial charge in [-0.3, -0.25) is 16.9 Å². The zero-order valence-corrected chi connectivity index (χ0v) is 19.1. The van der Waals surface area contributed by atoms with Gasteiger partial charge in [0.25, 0.3) is 0 Å². The largest absolute Gasteiger partial charge is 2.00 e. The van der Waals surface area contributed by atoms with Crippen LogP contribution in [0.15, 0.2) is 34.4 Å². The second-order valence-corrected chi connectivity index (χ2v) is 7.00. The Morgan fingerprint density at radius 3 is 2.22 bits per heavy atom. The summed E-state index contributed by atoms with van der Waals surface area (Å²) in [5.74, 6) is -0.979. The SMILES string of the molecule is CC1=[C-]C(C)(C)C(C)=C1C.CCCOC(C(=O)OC)C(=O)C1=CC=[C-]C1.[Ru+2]. The molecule has 0 saturated carbocycles. The van der Waals surface area contributed by atoms with Gasteiger partial charge in [0.1, 0.15) is 0 Å². The summed E-state index contributed by atoms with van der Waals surface area (Å²) < 4.78 is 9.76. The van der Waals surface area contributed by atoms with Crippen molar-refractivity contribution in [1.29, 1.82) is 0 Å². The maximum Gasteiger partial charge on any atom is 2.00 e. The minimum absolute atomic E-state index is 0. The predicted molar refractivity (Wildman–Crippen MR) is 102 cm³/mol. The Morgan fingerprint density at radius 2 is 1.89 bits per heavy atom. The molecule has 5 heteroatoms. The zero-order chi connectivity index (χ0) is 19.9. The van der Waals surface area contributed by atoms with E-state index in [4.69, 9.17) is 4.74 Å². The van der Waals surface area contributed by atoms with E-state index in [0.717, 1.165) is 6.42 Å². The first-order valence-electron chi connectivity index (χ1n) is 8.95. The van der Waals surface area contributed by atoms with E-state index in [1.807, 2.05) is 6.92 Å². The summed E-state index contributed by atoms with van der Waals surface area (Å²) in [4.78, 5) is 23.3. The monoisotopic (exact) mass is 460 g/mol. The van der Waals surface area contributed by atoms with Gasteiger partial charge in [-0.1, -0.05) is 52.0 Å². The number of esters is 1. The Labute approximate surface area is 176 Å². The topological polar surface area (TPSA) is 52.6 Å². The maximum atomic E-state index is 11.9. The number of ketones is 1. The summed E-state index contributed by atoms with van der Waals surface area (Å²) >= 11 is 0. The number of rotatable bonds is 6. The molecule has 2 aliphatic carbocycles. The third-order valence-corrected chi connectivity index (χ3v) is 4.72. The summed E-state index contributed by atoms with van der Waals surface area (Å²) in [6.07, 6.45) is 9.66. The van der Waals surface area contributed by atoms with E-state index >= 15 is 0 Å². The molecule has 0 spiro atoms. The Bertz CT molecular complexity index is 666. The number of carbonyl (C=O) groups excluding carboxylic acids is 2. The Balaban J connectivity index is 0.000000531. The van der Waals surface area contributed by atoms with Crippen molar-refractivity contribution in [3.8, 4) is 0 Å². The third-order valence-electron chi connectivity index (χ3n) is 4.72. The molecule has 0 N–H and O–H groups in total. The number of carbonyl (C=O) groups is 2.